The second kappa shape index (κ2) is 17.7. The number of rotatable bonds is 6. The Bertz CT molecular complexity index is 2700. The number of fused-ring (bicyclic) bond motifs is 2. The molecule has 4 aromatic heterocycles. The fraction of sp³-hybridized carbons (Fsp3) is 0. The minimum Gasteiger partial charge on any atom is -0.399 e. The number of halogens is 5. The minimum absolute atomic E-state index is 0.0276. The first kappa shape index (κ1) is 38.5. The molecule has 5 N–H and O–H groups in total. The summed E-state index contributed by atoms with van der Waals surface area (Å²) >= 11 is 19.9. The number of nitrogens with two attached hydrogens (primary N) is 1. The van der Waals surface area contributed by atoms with Crippen molar-refractivity contribution in [2.75, 3.05) is 21.7 Å². The molecule has 12 nitrogen and oxygen atoms in total. The van der Waals surface area contributed by atoms with E-state index in [1.165, 1.54) is 65.7 Å². The second-order valence-electron chi connectivity index (χ2n) is 10.7. The maximum Gasteiger partial charge on any atom is 0.189 e. The fourth-order valence-corrected chi connectivity index (χ4v) is 6.70. The largest absolute Gasteiger partial charge is 0.399 e. The molecule has 4 heterocycles. The van der Waals surface area contributed by atoms with E-state index in [0.29, 0.717) is 55.3 Å². The van der Waals surface area contributed by atoms with Crippen LogP contribution in [0.15, 0.2) is 97.6 Å². The van der Waals surface area contributed by atoms with Crippen molar-refractivity contribution in [1.29, 1.82) is 0 Å². The first-order chi connectivity index (χ1) is 26.6. The highest BCUT2D eigenvalue weighted by molar-refractivity contribution is 7.23. The van der Waals surface area contributed by atoms with E-state index in [9.17, 15) is 8.78 Å². The predicted octanol–water partition coefficient (Wildman–Crippen LogP) is 12.0. The van der Waals surface area contributed by atoms with E-state index in [-0.39, 0.29) is 10.0 Å². The summed E-state index contributed by atoms with van der Waals surface area (Å²) in [7, 11) is 0. The second-order valence-corrected chi connectivity index (χ2v) is 13.9. The minimum atomic E-state index is -0.483. The third-order valence-corrected chi connectivity index (χ3v) is 9.87. The molecule has 0 aliphatic carbocycles. The van der Waals surface area contributed by atoms with E-state index in [1.807, 2.05) is 24.3 Å². The van der Waals surface area contributed by atoms with Crippen molar-refractivity contribution in [2.45, 2.75) is 0 Å². The van der Waals surface area contributed by atoms with Crippen molar-refractivity contribution in [3.05, 3.63) is 147 Å². The average molecular weight is 830 g/mol. The molecule has 0 unspecified atom stereocenters. The summed E-state index contributed by atoms with van der Waals surface area (Å²) in [4.78, 5) is 31.9. The van der Waals surface area contributed by atoms with Crippen LogP contribution in [0.2, 0.25) is 15.2 Å². The van der Waals surface area contributed by atoms with Crippen molar-refractivity contribution in [3.8, 4) is 0 Å². The first-order valence-electron chi connectivity index (χ1n) is 15.4. The molecular formula is C36H21Cl3F2N12S2. The molecule has 0 amide bonds. The molecule has 0 saturated carbocycles. The zero-order chi connectivity index (χ0) is 38.9. The molecule has 55 heavy (non-hydrogen) atoms. The Morgan fingerprint density at radius 2 is 1.07 bits per heavy atom. The van der Waals surface area contributed by atoms with Crippen molar-refractivity contribution >= 4 is 128 Å². The Kier molecular flexibility index (Phi) is 12.4. The van der Waals surface area contributed by atoms with Crippen LogP contribution in [0.3, 0.4) is 0 Å². The first-order valence-corrected chi connectivity index (χ1v) is 18.2. The summed E-state index contributed by atoms with van der Waals surface area (Å²) in [6.45, 7) is 13.9. The number of aromatic nitrogens is 6. The predicted molar refractivity (Wildman–Crippen MR) is 218 cm³/mol. The van der Waals surface area contributed by atoms with Gasteiger partial charge in [-0.2, -0.15) is 9.97 Å². The van der Waals surface area contributed by atoms with Crippen molar-refractivity contribution in [2.24, 2.45) is 0 Å². The lowest BCUT2D eigenvalue weighted by atomic mass is 10.3. The molecule has 19 heteroatoms. The SMILES string of the molecule is Nc1ccc(F)c(Cl)c1.[C-]#[N+]c1ccc(Nc2nc3ncnc(Cl)c3s2)cc1.[C-]#[N+]c1ccc(Nc2nc3ncnc(Nc4ccc(F)c(Cl)c4)c3s2)cc1. The lowest BCUT2D eigenvalue weighted by Crippen LogP contribution is -1.95. The Hall–Kier alpha value is -6.27. The molecule has 0 bridgehead atoms. The molecule has 272 valence electrons. The number of thiazole rings is 2. The monoisotopic (exact) mass is 828 g/mol. The maximum atomic E-state index is 13.3. The molecule has 0 aliphatic rings. The highest BCUT2D eigenvalue weighted by Gasteiger charge is 2.13. The molecular weight excluding hydrogens is 809 g/mol. The molecule has 0 fully saturated rings. The topological polar surface area (TPSA) is 148 Å². The summed E-state index contributed by atoms with van der Waals surface area (Å²) in [6, 6.07) is 22.6. The van der Waals surface area contributed by atoms with Gasteiger partial charge < -0.3 is 21.7 Å². The number of benzene rings is 4. The van der Waals surface area contributed by atoms with Crippen LogP contribution >= 0.6 is 57.5 Å². The number of nitrogen functional groups attached to an aromatic ring is 1. The van der Waals surface area contributed by atoms with Gasteiger partial charge in [-0.05, 0) is 60.7 Å². The molecule has 0 atom stereocenters. The highest BCUT2D eigenvalue weighted by Crippen LogP contribution is 2.34. The van der Waals surface area contributed by atoms with Crippen LogP contribution < -0.4 is 21.7 Å². The number of nitrogens with zero attached hydrogens (tertiary/aromatic N) is 8. The van der Waals surface area contributed by atoms with E-state index >= 15 is 0 Å². The smallest absolute Gasteiger partial charge is 0.189 e. The highest BCUT2D eigenvalue weighted by atomic mass is 35.5. The van der Waals surface area contributed by atoms with Gasteiger partial charge in [-0.15, -0.1) is 0 Å². The Balaban J connectivity index is 0.000000159. The molecule has 0 aliphatic heterocycles. The quantitative estimate of drug-likeness (QED) is 0.0725. The van der Waals surface area contributed by atoms with Crippen LogP contribution in [0, 0.1) is 24.8 Å². The summed E-state index contributed by atoms with van der Waals surface area (Å²) in [5, 5.41) is 11.3. The van der Waals surface area contributed by atoms with Crippen LogP contribution in [0.4, 0.5) is 59.0 Å². The Morgan fingerprint density at radius 3 is 1.58 bits per heavy atom. The van der Waals surface area contributed by atoms with E-state index in [0.717, 1.165) is 20.8 Å². The van der Waals surface area contributed by atoms with Crippen LogP contribution in [0.5, 0.6) is 0 Å². The zero-order valence-electron chi connectivity index (χ0n) is 27.6. The van der Waals surface area contributed by atoms with Gasteiger partial charge in [0.1, 0.15) is 33.7 Å². The molecule has 0 spiro atoms. The van der Waals surface area contributed by atoms with Crippen LogP contribution in [-0.4, -0.2) is 29.9 Å². The van der Waals surface area contributed by atoms with Gasteiger partial charge in [0.2, 0.25) is 0 Å². The number of anilines is 7. The third kappa shape index (κ3) is 10.0. The van der Waals surface area contributed by atoms with Crippen LogP contribution in [0.25, 0.3) is 30.4 Å². The van der Waals surface area contributed by atoms with Gasteiger partial charge in [0.15, 0.2) is 43.9 Å². The molecule has 8 aromatic rings. The van der Waals surface area contributed by atoms with Gasteiger partial charge in [0, 0.05) is 22.7 Å². The Labute approximate surface area is 334 Å². The van der Waals surface area contributed by atoms with Gasteiger partial charge in [-0.25, -0.2) is 38.4 Å². The fourth-order valence-electron chi connectivity index (χ4n) is 4.39. The van der Waals surface area contributed by atoms with E-state index in [2.05, 4.69) is 55.5 Å². The molecule has 0 radical (unpaired) electrons. The van der Waals surface area contributed by atoms with E-state index < -0.39 is 11.6 Å². The third-order valence-electron chi connectivity index (χ3n) is 6.96. The molecule has 0 saturated heterocycles. The summed E-state index contributed by atoms with van der Waals surface area (Å²) < 4.78 is 27.1. The number of hydrogen-bond donors (Lipinski definition) is 4. The zero-order valence-corrected chi connectivity index (χ0v) is 31.5. The van der Waals surface area contributed by atoms with Crippen LogP contribution in [0.1, 0.15) is 0 Å². The molecule has 8 rings (SSSR count). The van der Waals surface area contributed by atoms with Gasteiger partial charge >= 0.3 is 0 Å². The number of nitrogens with one attached hydrogen (secondary N) is 3. The summed E-state index contributed by atoms with van der Waals surface area (Å²) in [5.41, 5.74) is 10.3. The van der Waals surface area contributed by atoms with Crippen molar-refractivity contribution < 1.29 is 8.78 Å². The lowest BCUT2D eigenvalue weighted by molar-refractivity contribution is 0.628. The molecule has 4 aromatic carbocycles. The normalized spacial score (nSPS) is 10.3. The van der Waals surface area contributed by atoms with Gasteiger partial charge in [0.25, 0.3) is 0 Å². The summed E-state index contributed by atoms with van der Waals surface area (Å²) in [6.07, 6.45) is 2.79. The summed E-state index contributed by atoms with van der Waals surface area (Å²) in [5.74, 6) is -0.369. The van der Waals surface area contributed by atoms with Crippen molar-refractivity contribution in [3.63, 3.8) is 0 Å². The van der Waals surface area contributed by atoms with Crippen molar-refractivity contribution in [1.82, 2.24) is 29.9 Å². The van der Waals surface area contributed by atoms with Crippen LogP contribution in [-0.2, 0) is 0 Å². The average Bonchev–Trinajstić information content (AvgIpc) is 3.81. The van der Waals surface area contributed by atoms with E-state index in [4.69, 9.17) is 53.7 Å². The van der Waals surface area contributed by atoms with Gasteiger partial charge in [-0.3, -0.25) is 0 Å². The Morgan fingerprint density at radius 1 is 0.582 bits per heavy atom. The number of hydrogen-bond acceptors (Lipinski definition) is 12. The lowest BCUT2D eigenvalue weighted by Gasteiger charge is -2.06. The van der Waals surface area contributed by atoms with Gasteiger partial charge in [-0.1, -0.05) is 81.7 Å². The van der Waals surface area contributed by atoms with Gasteiger partial charge in [0.05, 0.1) is 23.2 Å². The van der Waals surface area contributed by atoms with E-state index in [1.54, 1.807) is 30.3 Å². The maximum absolute atomic E-state index is 13.3. The standard InChI is InChI=1S/C18H10ClFN6S.C12H6ClN5S.C6H5ClFN/c1-21-10-2-4-11(5-3-10)25-18-26-17-15(27-18)16(22-9-23-17)24-12-6-7-14(20)13(19)8-12;1-14-7-2-4-8(5-3-7)17-12-18-11-9(19-12)10(13)15-6-16-11;7-5-3-4(9)1-2-6(5)8/h2-9H,(H2,22,23,24,25,26);2-6H,(H,15,16,17,18);1-3H,9H2.